The van der Waals surface area contributed by atoms with Gasteiger partial charge < -0.3 is 9.67 Å². The predicted molar refractivity (Wildman–Crippen MR) is 60.9 cm³/mol. The van der Waals surface area contributed by atoms with Gasteiger partial charge in [0.05, 0.1) is 12.2 Å². The molecule has 0 aliphatic rings. The van der Waals surface area contributed by atoms with Gasteiger partial charge in [0.2, 0.25) is 0 Å². The fraction of sp³-hybridized carbons (Fsp3) is 0.364. The van der Waals surface area contributed by atoms with Gasteiger partial charge in [0.1, 0.15) is 11.4 Å². The molecule has 0 aliphatic heterocycles. The summed E-state index contributed by atoms with van der Waals surface area (Å²) in [6, 6.07) is 0. The number of carbonyl (C=O) groups is 1. The maximum atomic E-state index is 10.9. The van der Waals surface area contributed by atoms with Crippen LogP contribution in [0, 0.1) is 13.8 Å². The number of carboxylic acids is 1. The summed E-state index contributed by atoms with van der Waals surface area (Å²) in [7, 11) is 0. The highest BCUT2D eigenvalue weighted by Gasteiger charge is 2.11. The maximum Gasteiger partial charge on any atom is 0.339 e. The summed E-state index contributed by atoms with van der Waals surface area (Å²) in [6.07, 6.45) is 5.19. The van der Waals surface area contributed by atoms with Crippen molar-refractivity contribution in [2.45, 2.75) is 26.9 Å². The van der Waals surface area contributed by atoms with Gasteiger partial charge in [-0.1, -0.05) is 0 Å². The van der Waals surface area contributed by atoms with Crippen LogP contribution in [0.25, 0.3) is 0 Å². The lowest BCUT2D eigenvalue weighted by molar-refractivity contribution is 0.0696. The Labute approximate surface area is 98.5 Å². The van der Waals surface area contributed by atoms with Gasteiger partial charge in [-0.05, 0) is 13.8 Å². The zero-order valence-electron chi connectivity index (χ0n) is 9.79. The third kappa shape index (κ3) is 2.35. The van der Waals surface area contributed by atoms with Crippen LogP contribution >= 0.6 is 0 Å². The van der Waals surface area contributed by atoms with E-state index >= 15 is 0 Å². The van der Waals surface area contributed by atoms with Crippen molar-refractivity contribution in [3.05, 3.63) is 35.7 Å². The van der Waals surface area contributed by atoms with E-state index in [1.807, 2.05) is 17.7 Å². The Balaban J connectivity index is 2.07. The Morgan fingerprint density at radius 3 is 2.71 bits per heavy atom. The molecular weight excluding hydrogens is 220 g/mol. The van der Waals surface area contributed by atoms with Crippen molar-refractivity contribution < 1.29 is 9.90 Å². The lowest BCUT2D eigenvalue weighted by atomic mass is 10.3. The van der Waals surface area contributed by atoms with Gasteiger partial charge in [-0.2, -0.15) is 5.10 Å². The summed E-state index contributed by atoms with van der Waals surface area (Å²) >= 11 is 0. The highest BCUT2D eigenvalue weighted by Crippen LogP contribution is 2.06. The SMILES string of the molecule is Cc1nn(CCn2ccnc2C)cc1C(=O)O. The predicted octanol–water partition coefficient (Wildman–Crippen LogP) is 1.09. The summed E-state index contributed by atoms with van der Waals surface area (Å²) in [5.41, 5.74) is 0.798. The Morgan fingerprint density at radius 2 is 2.18 bits per heavy atom. The van der Waals surface area contributed by atoms with Crippen molar-refractivity contribution in [1.82, 2.24) is 19.3 Å². The number of carboxylic acid groups (broad SMARTS) is 1. The molecule has 2 aromatic rings. The summed E-state index contributed by atoms with van der Waals surface area (Å²) in [5, 5.41) is 13.1. The monoisotopic (exact) mass is 234 g/mol. The molecule has 2 heterocycles. The van der Waals surface area contributed by atoms with E-state index in [9.17, 15) is 4.79 Å². The van der Waals surface area contributed by atoms with E-state index in [2.05, 4.69) is 10.1 Å². The molecule has 2 rings (SSSR count). The number of aromatic carboxylic acids is 1. The average Bonchev–Trinajstić information content (AvgIpc) is 2.82. The number of rotatable bonds is 4. The van der Waals surface area contributed by atoms with Crippen molar-refractivity contribution in [3.8, 4) is 0 Å². The first-order valence-electron chi connectivity index (χ1n) is 5.33. The van der Waals surface area contributed by atoms with E-state index in [0.29, 0.717) is 12.2 Å². The first-order chi connectivity index (χ1) is 8.08. The first-order valence-corrected chi connectivity index (χ1v) is 5.33. The van der Waals surface area contributed by atoms with Gasteiger partial charge in [0.25, 0.3) is 0 Å². The summed E-state index contributed by atoms with van der Waals surface area (Å²) < 4.78 is 3.65. The lowest BCUT2D eigenvalue weighted by Crippen LogP contribution is -2.08. The van der Waals surface area contributed by atoms with Crippen molar-refractivity contribution in [1.29, 1.82) is 0 Å². The molecule has 0 spiro atoms. The van der Waals surface area contributed by atoms with Crippen LogP contribution in [0.3, 0.4) is 0 Å². The molecule has 0 aliphatic carbocycles. The number of aromatic nitrogens is 4. The van der Waals surface area contributed by atoms with Crippen molar-refractivity contribution in [2.75, 3.05) is 0 Å². The van der Waals surface area contributed by atoms with Gasteiger partial charge in [-0.15, -0.1) is 0 Å². The normalized spacial score (nSPS) is 10.7. The third-order valence-electron chi connectivity index (χ3n) is 2.67. The molecular formula is C11H14N4O2. The van der Waals surface area contributed by atoms with Gasteiger partial charge in [-0.25, -0.2) is 9.78 Å². The smallest absolute Gasteiger partial charge is 0.339 e. The van der Waals surface area contributed by atoms with Crippen molar-refractivity contribution in [3.63, 3.8) is 0 Å². The standard InChI is InChI=1S/C11H14N4O2/c1-8-10(11(16)17)7-15(13-8)6-5-14-4-3-12-9(14)2/h3-4,7H,5-6H2,1-2H3,(H,16,17). The number of hydrogen-bond acceptors (Lipinski definition) is 3. The van der Waals surface area contributed by atoms with Crippen LogP contribution in [0.2, 0.25) is 0 Å². The zero-order chi connectivity index (χ0) is 12.4. The van der Waals surface area contributed by atoms with Crippen LogP contribution in [0.1, 0.15) is 21.9 Å². The van der Waals surface area contributed by atoms with Crippen LogP contribution in [0.15, 0.2) is 18.6 Å². The second-order valence-electron chi connectivity index (χ2n) is 3.86. The number of aryl methyl sites for hydroxylation is 4. The molecule has 90 valence electrons. The van der Waals surface area contributed by atoms with Gasteiger partial charge in [-0.3, -0.25) is 4.68 Å². The van der Waals surface area contributed by atoms with Crippen molar-refractivity contribution >= 4 is 5.97 Å². The van der Waals surface area contributed by atoms with Crippen LogP contribution in [-0.2, 0) is 13.1 Å². The average molecular weight is 234 g/mol. The van der Waals surface area contributed by atoms with E-state index in [1.165, 1.54) is 0 Å². The lowest BCUT2D eigenvalue weighted by Gasteiger charge is -2.04. The molecule has 2 aromatic heterocycles. The molecule has 0 fully saturated rings. The Kier molecular flexibility index (Phi) is 2.95. The van der Waals surface area contributed by atoms with Gasteiger partial charge >= 0.3 is 5.97 Å². The first kappa shape index (κ1) is 11.4. The molecule has 0 radical (unpaired) electrons. The van der Waals surface area contributed by atoms with Crippen LogP contribution in [-0.4, -0.2) is 30.4 Å². The molecule has 0 amide bonds. The second kappa shape index (κ2) is 4.40. The van der Waals surface area contributed by atoms with E-state index in [0.717, 1.165) is 12.4 Å². The van der Waals surface area contributed by atoms with E-state index in [4.69, 9.17) is 5.11 Å². The summed E-state index contributed by atoms with van der Waals surface area (Å²) in [5.74, 6) is -0.0000949. The molecule has 0 saturated carbocycles. The topological polar surface area (TPSA) is 72.9 Å². The number of imidazole rings is 1. The molecule has 0 atom stereocenters. The zero-order valence-corrected chi connectivity index (χ0v) is 9.79. The quantitative estimate of drug-likeness (QED) is 0.859. The third-order valence-corrected chi connectivity index (χ3v) is 2.67. The molecule has 1 N–H and O–H groups in total. The highest BCUT2D eigenvalue weighted by atomic mass is 16.4. The molecule has 0 bridgehead atoms. The Morgan fingerprint density at radius 1 is 1.41 bits per heavy atom. The molecule has 0 unspecified atom stereocenters. The highest BCUT2D eigenvalue weighted by molar-refractivity contribution is 5.88. The Bertz CT molecular complexity index is 541. The van der Waals surface area contributed by atoms with Gasteiger partial charge in [0, 0.05) is 25.1 Å². The largest absolute Gasteiger partial charge is 0.478 e. The van der Waals surface area contributed by atoms with Gasteiger partial charge in [0.15, 0.2) is 0 Å². The molecule has 17 heavy (non-hydrogen) atoms. The van der Waals surface area contributed by atoms with Crippen LogP contribution in [0.4, 0.5) is 0 Å². The minimum absolute atomic E-state index is 0.257. The van der Waals surface area contributed by atoms with Crippen molar-refractivity contribution in [2.24, 2.45) is 0 Å². The molecule has 6 nitrogen and oxygen atoms in total. The number of nitrogens with zero attached hydrogens (tertiary/aromatic N) is 4. The van der Waals surface area contributed by atoms with Crippen LogP contribution in [0.5, 0.6) is 0 Å². The second-order valence-corrected chi connectivity index (χ2v) is 3.86. The molecule has 6 heteroatoms. The fourth-order valence-corrected chi connectivity index (χ4v) is 1.69. The van der Waals surface area contributed by atoms with E-state index in [-0.39, 0.29) is 5.56 Å². The summed E-state index contributed by atoms with van der Waals surface area (Å²) in [6.45, 7) is 4.98. The molecule has 0 aromatic carbocycles. The minimum atomic E-state index is -0.937. The summed E-state index contributed by atoms with van der Waals surface area (Å²) in [4.78, 5) is 15.0. The van der Waals surface area contributed by atoms with Crippen LogP contribution < -0.4 is 0 Å². The van der Waals surface area contributed by atoms with E-state index < -0.39 is 5.97 Å². The maximum absolute atomic E-state index is 10.9. The van der Waals surface area contributed by atoms with E-state index in [1.54, 1.807) is 24.0 Å². The fourth-order valence-electron chi connectivity index (χ4n) is 1.69. The Hall–Kier alpha value is -2.11. The molecule has 0 saturated heterocycles. The number of hydrogen-bond donors (Lipinski definition) is 1. The minimum Gasteiger partial charge on any atom is -0.478 e.